The van der Waals surface area contributed by atoms with Crippen LogP contribution in [0, 0.1) is 0 Å². The summed E-state index contributed by atoms with van der Waals surface area (Å²) in [6.45, 7) is 6.62. The van der Waals surface area contributed by atoms with Gasteiger partial charge in [-0.1, -0.05) is 60.7 Å². The minimum Gasteiger partial charge on any atom is -0.445 e. The van der Waals surface area contributed by atoms with Crippen LogP contribution in [0.3, 0.4) is 0 Å². The number of rotatable bonds is 6. The molecule has 2 aromatic rings. The lowest BCUT2D eigenvalue weighted by Crippen LogP contribution is -2.58. The van der Waals surface area contributed by atoms with Crippen LogP contribution in [0.1, 0.15) is 38.3 Å². The third-order valence-corrected chi connectivity index (χ3v) is 4.93. The molecule has 1 N–H and O–H groups in total. The second-order valence-electron chi connectivity index (χ2n) is 8.79. The number of alkyl carbamates (subject to hydrolysis) is 1. The Morgan fingerprint density at radius 3 is 2.31 bits per heavy atom. The number of benzene rings is 2. The lowest BCUT2D eigenvalue weighted by atomic mass is 10.0. The van der Waals surface area contributed by atoms with Gasteiger partial charge < -0.3 is 19.5 Å². The predicted octanol–water partition coefficient (Wildman–Crippen LogP) is 4.51. The van der Waals surface area contributed by atoms with E-state index in [1.807, 2.05) is 81.4 Å². The van der Waals surface area contributed by atoms with Gasteiger partial charge in [-0.3, -0.25) is 4.90 Å². The average Bonchev–Trinajstić information content (AvgIpc) is 2.77. The molecule has 3 rings (SSSR count). The molecule has 0 saturated carbocycles. The lowest BCUT2D eigenvalue weighted by Gasteiger charge is -2.40. The van der Waals surface area contributed by atoms with Crippen molar-refractivity contribution < 1.29 is 23.8 Å². The zero-order valence-corrected chi connectivity index (χ0v) is 19.0. The molecule has 0 aromatic heterocycles. The summed E-state index contributed by atoms with van der Waals surface area (Å²) in [4.78, 5) is 27.1. The zero-order valence-electron chi connectivity index (χ0n) is 19.0. The number of carbonyl (C=O) groups excluding carboxylic acids is 2. The molecule has 0 spiro atoms. The smallest absolute Gasteiger partial charge is 0.412 e. The molecule has 1 aliphatic heterocycles. The molecule has 32 heavy (non-hydrogen) atoms. The number of nitrogens with zero attached hydrogens (tertiary/aromatic N) is 1. The van der Waals surface area contributed by atoms with Crippen molar-refractivity contribution in [1.29, 1.82) is 0 Å². The van der Waals surface area contributed by atoms with E-state index in [2.05, 4.69) is 5.32 Å². The van der Waals surface area contributed by atoms with Crippen LogP contribution in [0.4, 0.5) is 9.59 Å². The third kappa shape index (κ3) is 7.27. The molecule has 2 atom stereocenters. The zero-order chi connectivity index (χ0) is 23.0. The second kappa shape index (κ2) is 11.0. The molecule has 1 aliphatic rings. The van der Waals surface area contributed by atoms with Crippen LogP contribution in [0.25, 0.3) is 0 Å². The van der Waals surface area contributed by atoms with Crippen LogP contribution < -0.4 is 5.32 Å². The highest BCUT2D eigenvalue weighted by Gasteiger charge is 2.37. The van der Waals surface area contributed by atoms with Crippen molar-refractivity contribution in [3.63, 3.8) is 0 Å². The van der Waals surface area contributed by atoms with Crippen molar-refractivity contribution in [1.82, 2.24) is 10.2 Å². The maximum Gasteiger partial charge on any atom is 0.412 e. The number of amides is 2. The molecular weight excluding hydrogens is 408 g/mol. The van der Waals surface area contributed by atoms with Crippen molar-refractivity contribution >= 4 is 12.2 Å². The topological polar surface area (TPSA) is 77.1 Å². The summed E-state index contributed by atoms with van der Waals surface area (Å²) < 4.78 is 17.0. The molecule has 1 unspecified atom stereocenters. The first-order chi connectivity index (χ1) is 15.3. The maximum absolute atomic E-state index is 12.9. The Labute approximate surface area is 189 Å². The Balaban J connectivity index is 1.74. The largest absolute Gasteiger partial charge is 0.445 e. The highest BCUT2D eigenvalue weighted by Crippen LogP contribution is 2.21. The Kier molecular flexibility index (Phi) is 8.11. The van der Waals surface area contributed by atoms with Gasteiger partial charge in [0.15, 0.2) is 6.23 Å². The van der Waals surface area contributed by atoms with Crippen molar-refractivity contribution in [3.05, 3.63) is 71.8 Å². The number of ether oxygens (including phenoxy) is 3. The molecule has 0 radical (unpaired) electrons. The van der Waals surface area contributed by atoms with Gasteiger partial charge in [0, 0.05) is 6.54 Å². The fourth-order valence-electron chi connectivity index (χ4n) is 3.51. The van der Waals surface area contributed by atoms with Gasteiger partial charge in [0.1, 0.15) is 12.2 Å². The highest BCUT2D eigenvalue weighted by molar-refractivity contribution is 5.70. The molecule has 7 heteroatoms. The molecule has 2 aromatic carbocycles. The Bertz CT molecular complexity index is 867. The van der Waals surface area contributed by atoms with Crippen LogP contribution in [-0.2, 0) is 27.2 Å². The number of nitrogens with one attached hydrogen (secondary N) is 1. The Morgan fingerprint density at radius 2 is 1.69 bits per heavy atom. The highest BCUT2D eigenvalue weighted by atomic mass is 16.6. The molecule has 1 saturated heterocycles. The van der Waals surface area contributed by atoms with E-state index in [4.69, 9.17) is 14.2 Å². The Hall–Kier alpha value is -3.06. The van der Waals surface area contributed by atoms with Gasteiger partial charge >= 0.3 is 12.2 Å². The van der Waals surface area contributed by atoms with Gasteiger partial charge in [0.25, 0.3) is 0 Å². The summed E-state index contributed by atoms with van der Waals surface area (Å²) in [6.07, 6.45) is -0.506. The van der Waals surface area contributed by atoms with Crippen LogP contribution in [0.2, 0.25) is 0 Å². The van der Waals surface area contributed by atoms with E-state index in [-0.39, 0.29) is 6.61 Å². The summed E-state index contributed by atoms with van der Waals surface area (Å²) in [5, 5.41) is 2.92. The lowest BCUT2D eigenvalue weighted by molar-refractivity contribution is -0.110. The first kappa shape index (κ1) is 23.6. The van der Waals surface area contributed by atoms with E-state index in [0.29, 0.717) is 26.0 Å². The van der Waals surface area contributed by atoms with Gasteiger partial charge in [0.05, 0.1) is 12.6 Å². The maximum atomic E-state index is 12.9. The molecule has 2 amide bonds. The van der Waals surface area contributed by atoms with Gasteiger partial charge in [-0.25, -0.2) is 9.59 Å². The van der Waals surface area contributed by atoms with Crippen molar-refractivity contribution in [2.75, 3.05) is 13.2 Å². The first-order valence-electron chi connectivity index (χ1n) is 10.9. The van der Waals surface area contributed by atoms with E-state index < -0.39 is 30.1 Å². The standard InChI is InChI=1S/C25H32N2O5/c1-25(2,3)32-24(29)27-15-10-16-30-22(27)21(17-19-11-6-4-7-12-19)26-23(28)31-18-20-13-8-5-9-14-20/h4-9,11-14,21-22H,10,15-18H2,1-3H3,(H,26,28)/t21-,22?/m0/s1. The number of hydrogen-bond acceptors (Lipinski definition) is 5. The quantitative estimate of drug-likeness (QED) is 0.715. The average molecular weight is 441 g/mol. The van der Waals surface area contributed by atoms with E-state index in [0.717, 1.165) is 11.1 Å². The van der Waals surface area contributed by atoms with Crippen LogP contribution in [0.15, 0.2) is 60.7 Å². The summed E-state index contributed by atoms with van der Waals surface area (Å²) in [6, 6.07) is 18.7. The predicted molar refractivity (Wildman–Crippen MR) is 121 cm³/mol. The minimum absolute atomic E-state index is 0.159. The molecule has 7 nitrogen and oxygen atoms in total. The van der Waals surface area contributed by atoms with Crippen LogP contribution in [0.5, 0.6) is 0 Å². The summed E-state index contributed by atoms with van der Waals surface area (Å²) in [7, 11) is 0. The van der Waals surface area contributed by atoms with E-state index in [9.17, 15) is 9.59 Å². The van der Waals surface area contributed by atoms with E-state index >= 15 is 0 Å². The SMILES string of the molecule is CC(C)(C)OC(=O)N1CCCOC1[C@H](Cc1ccccc1)NC(=O)OCc1ccccc1. The molecule has 172 valence electrons. The number of carbonyl (C=O) groups is 2. The van der Waals surface area contributed by atoms with Gasteiger partial charge in [0.2, 0.25) is 0 Å². The fraction of sp³-hybridized carbons (Fsp3) is 0.440. The van der Waals surface area contributed by atoms with Crippen molar-refractivity contribution in [2.45, 2.75) is 58.1 Å². The summed E-state index contributed by atoms with van der Waals surface area (Å²) in [5.74, 6) is 0. The normalized spacial score (nSPS) is 17.3. The summed E-state index contributed by atoms with van der Waals surface area (Å²) >= 11 is 0. The van der Waals surface area contributed by atoms with Crippen molar-refractivity contribution in [2.24, 2.45) is 0 Å². The summed E-state index contributed by atoms with van der Waals surface area (Å²) in [5.41, 5.74) is 1.28. The van der Waals surface area contributed by atoms with Crippen LogP contribution in [-0.4, -0.2) is 48.1 Å². The molecule has 1 heterocycles. The molecular formula is C25H32N2O5. The fourth-order valence-corrected chi connectivity index (χ4v) is 3.51. The number of hydrogen-bond donors (Lipinski definition) is 1. The van der Waals surface area contributed by atoms with Gasteiger partial charge in [-0.15, -0.1) is 0 Å². The Morgan fingerprint density at radius 1 is 1.06 bits per heavy atom. The minimum atomic E-state index is -0.664. The molecule has 1 fully saturated rings. The van der Waals surface area contributed by atoms with E-state index in [1.54, 1.807) is 4.90 Å². The van der Waals surface area contributed by atoms with Crippen LogP contribution >= 0.6 is 0 Å². The second-order valence-corrected chi connectivity index (χ2v) is 8.79. The first-order valence-corrected chi connectivity index (χ1v) is 10.9. The third-order valence-electron chi connectivity index (χ3n) is 4.93. The molecule has 0 aliphatic carbocycles. The van der Waals surface area contributed by atoms with Gasteiger partial charge in [-0.05, 0) is 44.7 Å². The van der Waals surface area contributed by atoms with E-state index in [1.165, 1.54) is 0 Å². The van der Waals surface area contributed by atoms with Crippen molar-refractivity contribution in [3.8, 4) is 0 Å². The monoisotopic (exact) mass is 440 g/mol. The molecule has 0 bridgehead atoms. The van der Waals surface area contributed by atoms with Gasteiger partial charge in [-0.2, -0.15) is 0 Å².